The van der Waals surface area contributed by atoms with Crippen molar-refractivity contribution in [3.63, 3.8) is 0 Å². The zero-order chi connectivity index (χ0) is 15.9. The van der Waals surface area contributed by atoms with Crippen LogP contribution in [-0.4, -0.2) is 49.7 Å². The maximum Gasteiger partial charge on any atom is 0.193 e. The van der Waals surface area contributed by atoms with Gasteiger partial charge in [-0.25, -0.2) is 4.98 Å². The van der Waals surface area contributed by atoms with Gasteiger partial charge in [-0.2, -0.15) is 0 Å². The summed E-state index contributed by atoms with van der Waals surface area (Å²) in [6, 6.07) is 0. The normalized spacial score (nSPS) is 18.1. The second kappa shape index (κ2) is 10.5. The van der Waals surface area contributed by atoms with Crippen molar-refractivity contribution in [2.45, 2.75) is 33.2 Å². The Balaban J connectivity index is 0.00000264. The fourth-order valence-corrected chi connectivity index (χ4v) is 3.70. The molecular weight excluding hydrogens is 423 g/mol. The number of guanidine groups is 1. The molecule has 0 aromatic carbocycles. The summed E-state index contributed by atoms with van der Waals surface area (Å²) in [5, 5.41) is 4.65. The Hall–Kier alpha value is -0.410. The first-order valence-corrected chi connectivity index (χ1v) is 8.83. The molecule has 132 valence electrons. The number of rotatable bonds is 6. The zero-order valence-electron chi connectivity index (χ0n) is 14.5. The van der Waals surface area contributed by atoms with Gasteiger partial charge in [-0.3, -0.25) is 4.99 Å². The van der Waals surface area contributed by atoms with Gasteiger partial charge in [-0.05, 0) is 12.3 Å². The molecule has 23 heavy (non-hydrogen) atoms. The quantitative estimate of drug-likeness (QED) is 0.410. The van der Waals surface area contributed by atoms with Crippen LogP contribution in [0.4, 0.5) is 0 Å². The molecule has 1 aromatic rings. The SMILES string of the molecule is CN=C(NCc1cnc(CC(C)C)s1)N(C)CC1CCOC1.I. The van der Waals surface area contributed by atoms with Crippen LogP contribution in [-0.2, 0) is 17.7 Å². The van der Waals surface area contributed by atoms with Gasteiger partial charge in [0.2, 0.25) is 0 Å². The summed E-state index contributed by atoms with van der Waals surface area (Å²) in [5.74, 6) is 2.20. The van der Waals surface area contributed by atoms with Crippen LogP contribution in [0.15, 0.2) is 11.2 Å². The van der Waals surface area contributed by atoms with Crippen LogP contribution in [0.1, 0.15) is 30.2 Å². The minimum absolute atomic E-state index is 0. The number of nitrogens with zero attached hydrogens (tertiary/aromatic N) is 3. The molecule has 1 aromatic heterocycles. The third-order valence-electron chi connectivity index (χ3n) is 3.73. The molecule has 7 heteroatoms. The molecule has 0 bridgehead atoms. The van der Waals surface area contributed by atoms with Crippen molar-refractivity contribution in [3.05, 3.63) is 16.1 Å². The molecule has 2 heterocycles. The molecular formula is C16H29IN4OS. The van der Waals surface area contributed by atoms with E-state index in [1.54, 1.807) is 11.3 Å². The molecule has 1 aliphatic heterocycles. The average molecular weight is 452 g/mol. The van der Waals surface area contributed by atoms with Gasteiger partial charge < -0.3 is 15.0 Å². The van der Waals surface area contributed by atoms with Crippen molar-refractivity contribution in [1.29, 1.82) is 0 Å². The molecule has 0 aliphatic carbocycles. The second-order valence-corrected chi connectivity index (χ2v) is 7.53. The fraction of sp³-hybridized carbons (Fsp3) is 0.750. The summed E-state index contributed by atoms with van der Waals surface area (Å²) in [5.41, 5.74) is 0. The van der Waals surface area contributed by atoms with Crippen LogP contribution in [0, 0.1) is 11.8 Å². The van der Waals surface area contributed by atoms with E-state index in [1.165, 1.54) is 9.88 Å². The summed E-state index contributed by atoms with van der Waals surface area (Å²) in [4.78, 5) is 12.3. The van der Waals surface area contributed by atoms with E-state index in [2.05, 4.69) is 41.1 Å². The number of hydrogen-bond acceptors (Lipinski definition) is 4. The average Bonchev–Trinajstić information content (AvgIpc) is 3.11. The van der Waals surface area contributed by atoms with E-state index in [9.17, 15) is 0 Å². The van der Waals surface area contributed by atoms with Crippen molar-refractivity contribution >= 4 is 41.3 Å². The molecule has 2 rings (SSSR count). The molecule has 1 aliphatic rings. The van der Waals surface area contributed by atoms with Crippen molar-refractivity contribution in [2.24, 2.45) is 16.8 Å². The highest BCUT2D eigenvalue weighted by atomic mass is 127. The van der Waals surface area contributed by atoms with Crippen molar-refractivity contribution in [1.82, 2.24) is 15.2 Å². The van der Waals surface area contributed by atoms with Crippen LogP contribution in [0.5, 0.6) is 0 Å². The van der Waals surface area contributed by atoms with E-state index >= 15 is 0 Å². The lowest BCUT2D eigenvalue weighted by atomic mass is 10.1. The van der Waals surface area contributed by atoms with Gasteiger partial charge in [-0.1, -0.05) is 13.8 Å². The summed E-state index contributed by atoms with van der Waals surface area (Å²) < 4.78 is 5.44. The van der Waals surface area contributed by atoms with E-state index in [-0.39, 0.29) is 24.0 Å². The Labute approximate surface area is 160 Å². The highest BCUT2D eigenvalue weighted by Crippen LogP contribution is 2.17. The summed E-state index contributed by atoms with van der Waals surface area (Å²) >= 11 is 1.79. The van der Waals surface area contributed by atoms with Crippen LogP contribution in [0.2, 0.25) is 0 Å². The van der Waals surface area contributed by atoms with Crippen LogP contribution in [0.25, 0.3) is 0 Å². The summed E-state index contributed by atoms with van der Waals surface area (Å²) in [6.45, 7) is 7.99. The highest BCUT2D eigenvalue weighted by molar-refractivity contribution is 14.0. The summed E-state index contributed by atoms with van der Waals surface area (Å²) in [6.07, 6.45) is 4.18. The van der Waals surface area contributed by atoms with Crippen LogP contribution >= 0.6 is 35.3 Å². The van der Waals surface area contributed by atoms with Gasteiger partial charge in [0.25, 0.3) is 0 Å². The van der Waals surface area contributed by atoms with Gasteiger partial charge in [0.05, 0.1) is 18.2 Å². The van der Waals surface area contributed by atoms with Gasteiger partial charge >= 0.3 is 0 Å². The number of aromatic nitrogens is 1. The van der Waals surface area contributed by atoms with E-state index in [0.29, 0.717) is 11.8 Å². The van der Waals surface area contributed by atoms with Crippen molar-refractivity contribution < 1.29 is 4.74 Å². The number of halogens is 1. The monoisotopic (exact) mass is 452 g/mol. The topological polar surface area (TPSA) is 49.8 Å². The minimum atomic E-state index is 0. The Morgan fingerprint density at radius 1 is 1.57 bits per heavy atom. The third-order valence-corrected chi connectivity index (χ3v) is 4.75. The Morgan fingerprint density at radius 2 is 2.35 bits per heavy atom. The van der Waals surface area contributed by atoms with Crippen LogP contribution in [0.3, 0.4) is 0 Å². The lowest BCUT2D eigenvalue weighted by molar-refractivity contribution is 0.181. The van der Waals surface area contributed by atoms with E-state index < -0.39 is 0 Å². The van der Waals surface area contributed by atoms with Crippen molar-refractivity contribution in [3.8, 4) is 0 Å². The Morgan fingerprint density at radius 3 is 2.96 bits per heavy atom. The first-order chi connectivity index (χ1) is 10.6. The number of ether oxygens (including phenoxy) is 1. The predicted octanol–water partition coefficient (Wildman–Crippen LogP) is 3.00. The lowest BCUT2D eigenvalue weighted by Gasteiger charge is -2.24. The zero-order valence-corrected chi connectivity index (χ0v) is 17.7. The first kappa shape index (κ1) is 20.6. The van der Waals surface area contributed by atoms with E-state index in [1.807, 2.05) is 13.2 Å². The van der Waals surface area contributed by atoms with Gasteiger partial charge in [0.15, 0.2) is 5.96 Å². The third kappa shape index (κ3) is 6.93. The van der Waals surface area contributed by atoms with E-state index in [0.717, 1.165) is 45.1 Å². The van der Waals surface area contributed by atoms with Gasteiger partial charge in [-0.15, -0.1) is 35.3 Å². The molecule has 1 atom stereocenters. The van der Waals surface area contributed by atoms with E-state index in [4.69, 9.17) is 4.74 Å². The molecule has 0 spiro atoms. The fourth-order valence-electron chi connectivity index (χ4n) is 2.63. The molecule has 5 nitrogen and oxygen atoms in total. The maximum atomic E-state index is 5.44. The largest absolute Gasteiger partial charge is 0.381 e. The first-order valence-electron chi connectivity index (χ1n) is 8.01. The minimum Gasteiger partial charge on any atom is -0.381 e. The number of aliphatic imine (C=N–C) groups is 1. The van der Waals surface area contributed by atoms with Gasteiger partial charge in [0, 0.05) is 50.7 Å². The molecule has 0 saturated carbocycles. The number of thiazole rings is 1. The molecule has 1 N–H and O–H groups in total. The maximum absolute atomic E-state index is 5.44. The Kier molecular flexibility index (Phi) is 9.38. The lowest BCUT2D eigenvalue weighted by Crippen LogP contribution is -2.41. The van der Waals surface area contributed by atoms with Crippen LogP contribution < -0.4 is 5.32 Å². The number of hydrogen-bond donors (Lipinski definition) is 1. The highest BCUT2D eigenvalue weighted by Gasteiger charge is 2.19. The standard InChI is InChI=1S/C16H28N4OS.HI/c1-12(2)7-15-18-8-14(22-15)9-19-16(17-3)20(4)10-13-5-6-21-11-13;/h8,12-13H,5-7,9-11H2,1-4H3,(H,17,19);1H. The van der Waals surface area contributed by atoms with Crippen molar-refractivity contribution in [2.75, 3.05) is 33.9 Å². The summed E-state index contributed by atoms with van der Waals surface area (Å²) in [7, 11) is 3.92. The molecule has 1 saturated heterocycles. The smallest absolute Gasteiger partial charge is 0.193 e. The number of nitrogens with one attached hydrogen (secondary N) is 1. The molecule has 0 amide bonds. The molecule has 1 fully saturated rings. The molecule has 0 radical (unpaired) electrons. The second-order valence-electron chi connectivity index (χ2n) is 6.33. The van der Waals surface area contributed by atoms with Gasteiger partial charge in [0.1, 0.15) is 0 Å². The predicted molar refractivity (Wildman–Crippen MR) is 108 cm³/mol. The molecule has 1 unspecified atom stereocenters. The Bertz CT molecular complexity index is 486.